The lowest BCUT2D eigenvalue weighted by atomic mass is 10.1. The third-order valence-corrected chi connectivity index (χ3v) is 3.49. The molecule has 0 unspecified atom stereocenters. The first-order chi connectivity index (χ1) is 7.08. The van der Waals surface area contributed by atoms with Crippen molar-refractivity contribution in [3.63, 3.8) is 0 Å². The Morgan fingerprint density at radius 2 is 2.20 bits per heavy atom. The zero-order valence-electron chi connectivity index (χ0n) is 7.38. The summed E-state index contributed by atoms with van der Waals surface area (Å²) in [7, 11) is 0. The van der Waals surface area contributed by atoms with Crippen LogP contribution in [0.1, 0.15) is 10.4 Å². The van der Waals surface area contributed by atoms with Gasteiger partial charge in [-0.3, -0.25) is 4.79 Å². The van der Waals surface area contributed by atoms with Gasteiger partial charge in [0.25, 0.3) is 0 Å². The summed E-state index contributed by atoms with van der Waals surface area (Å²) in [5, 5.41) is 0. The Morgan fingerprint density at radius 3 is 2.87 bits per heavy atom. The first-order valence-corrected chi connectivity index (χ1v) is 6.38. The van der Waals surface area contributed by atoms with Crippen LogP contribution in [0, 0.1) is 0 Å². The predicted molar refractivity (Wildman–Crippen MR) is 72.0 cm³/mol. The van der Waals surface area contributed by atoms with E-state index in [0.29, 0.717) is 12.1 Å². The van der Waals surface area contributed by atoms with Crippen molar-refractivity contribution in [3.8, 4) is 0 Å². The van der Waals surface area contributed by atoms with Gasteiger partial charge in [-0.2, -0.15) is 0 Å². The van der Waals surface area contributed by atoms with Crippen molar-refractivity contribution < 1.29 is 4.79 Å². The summed E-state index contributed by atoms with van der Waals surface area (Å²) >= 11 is 9.68. The summed E-state index contributed by atoms with van der Waals surface area (Å²) in [6, 6.07) is 5.36. The monoisotopic (exact) mass is 394 g/mol. The number of aliphatic imine (C=N–C) groups is 1. The third kappa shape index (κ3) is 2.32. The molecule has 1 heterocycles. The van der Waals surface area contributed by atoms with Crippen molar-refractivity contribution in [2.75, 3.05) is 10.5 Å². The Bertz CT molecular complexity index is 459. The molecule has 2 rings (SSSR count). The quantitative estimate of drug-likeness (QED) is 0.534. The van der Waals surface area contributed by atoms with E-state index >= 15 is 0 Å². The summed E-state index contributed by atoms with van der Waals surface area (Å²) in [6.07, 6.45) is 0. The average molecular weight is 397 g/mol. The molecule has 0 N–H and O–H groups in total. The van der Waals surface area contributed by atoms with E-state index in [9.17, 15) is 4.79 Å². The molecule has 1 aromatic carbocycles. The molecule has 6 heteroatoms. The van der Waals surface area contributed by atoms with Gasteiger partial charge < -0.3 is 3.93 Å². The van der Waals surface area contributed by atoms with Gasteiger partial charge in [0.05, 0.1) is 34.1 Å². The summed E-state index contributed by atoms with van der Waals surface area (Å²) in [4.78, 5) is 15.5. The smallest absolute Gasteiger partial charge is 0.228 e. The van der Waals surface area contributed by atoms with Crippen molar-refractivity contribution in [1.29, 1.82) is 0 Å². The molecule has 0 fully saturated rings. The molecule has 0 amide bonds. The molecule has 0 saturated carbocycles. The molecule has 0 bridgehead atoms. The highest BCUT2D eigenvalue weighted by atomic mass is 79.9. The number of halogens is 3. The fourth-order valence-corrected chi connectivity index (χ4v) is 2.85. The SMILES string of the molecule is O=C(Br)c1ccc2c(c1)N(Br)CC(Br)=N2. The third-order valence-electron chi connectivity index (χ3n) is 1.97. The summed E-state index contributed by atoms with van der Waals surface area (Å²) in [5.41, 5.74) is 2.34. The lowest BCUT2D eigenvalue weighted by Crippen LogP contribution is -2.19. The molecule has 0 aromatic heterocycles. The van der Waals surface area contributed by atoms with Gasteiger partial charge in [-0.1, -0.05) is 0 Å². The maximum Gasteiger partial charge on any atom is 0.228 e. The number of fused-ring (bicyclic) bond motifs is 1. The van der Waals surface area contributed by atoms with Crippen LogP contribution in [-0.4, -0.2) is 15.9 Å². The lowest BCUT2D eigenvalue weighted by molar-refractivity contribution is 0.109. The van der Waals surface area contributed by atoms with Crippen molar-refractivity contribution in [2.24, 2.45) is 4.99 Å². The minimum absolute atomic E-state index is 0.125. The molecule has 1 aliphatic heterocycles. The van der Waals surface area contributed by atoms with Crippen LogP contribution in [0.2, 0.25) is 0 Å². The fourth-order valence-electron chi connectivity index (χ4n) is 1.30. The Morgan fingerprint density at radius 1 is 1.47 bits per heavy atom. The van der Waals surface area contributed by atoms with E-state index in [4.69, 9.17) is 0 Å². The predicted octanol–water partition coefficient (Wildman–Crippen LogP) is 3.78. The number of nitrogens with zero attached hydrogens (tertiary/aromatic N) is 2. The highest BCUT2D eigenvalue weighted by molar-refractivity contribution is 9.18. The van der Waals surface area contributed by atoms with Gasteiger partial charge in [-0.15, -0.1) is 0 Å². The van der Waals surface area contributed by atoms with Crippen LogP contribution in [0.5, 0.6) is 0 Å². The number of benzene rings is 1. The minimum atomic E-state index is -0.125. The van der Waals surface area contributed by atoms with Gasteiger partial charge in [0.2, 0.25) is 4.69 Å². The van der Waals surface area contributed by atoms with E-state index in [1.54, 1.807) is 12.1 Å². The Hall–Kier alpha value is -0.200. The number of anilines is 1. The average Bonchev–Trinajstić information content (AvgIpc) is 2.16. The van der Waals surface area contributed by atoms with Crippen molar-refractivity contribution in [1.82, 2.24) is 0 Å². The van der Waals surface area contributed by atoms with Gasteiger partial charge in [-0.05, 0) is 50.1 Å². The first-order valence-electron chi connectivity index (χ1n) is 4.08. The van der Waals surface area contributed by atoms with Gasteiger partial charge in [0.1, 0.15) is 4.62 Å². The van der Waals surface area contributed by atoms with E-state index in [1.165, 1.54) is 0 Å². The lowest BCUT2D eigenvalue weighted by Gasteiger charge is -2.22. The second-order valence-corrected chi connectivity index (χ2v) is 5.48. The van der Waals surface area contributed by atoms with Crippen molar-refractivity contribution in [3.05, 3.63) is 23.8 Å². The Labute approximate surface area is 112 Å². The van der Waals surface area contributed by atoms with E-state index in [-0.39, 0.29) is 4.69 Å². The highest BCUT2D eigenvalue weighted by Gasteiger charge is 2.17. The number of carbonyl (C=O) groups is 1. The van der Waals surface area contributed by atoms with Crippen LogP contribution in [0.25, 0.3) is 0 Å². The van der Waals surface area contributed by atoms with Crippen LogP contribution in [0.4, 0.5) is 11.4 Å². The number of rotatable bonds is 1. The van der Waals surface area contributed by atoms with Crippen LogP contribution in [-0.2, 0) is 0 Å². The number of hydrogen-bond acceptors (Lipinski definition) is 3. The normalized spacial score (nSPS) is 14.6. The Balaban J connectivity index is 2.53. The number of carbonyl (C=O) groups excluding carboxylic acids is 1. The van der Waals surface area contributed by atoms with Crippen molar-refractivity contribution in [2.45, 2.75) is 0 Å². The van der Waals surface area contributed by atoms with E-state index in [2.05, 4.69) is 53.0 Å². The number of hydrogen-bond donors (Lipinski definition) is 0. The van der Waals surface area contributed by atoms with E-state index in [1.807, 2.05) is 9.99 Å². The highest BCUT2D eigenvalue weighted by Crippen LogP contribution is 2.36. The zero-order chi connectivity index (χ0) is 11.0. The van der Waals surface area contributed by atoms with Gasteiger partial charge in [-0.25, -0.2) is 4.99 Å². The second-order valence-electron chi connectivity index (χ2n) is 2.99. The fraction of sp³-hybridized carbons (Fsp3) is 0.111. The van der Waals surface area contributed by atoms with E-state index < -0.39 is 0 Å². The molecule has 0 atom stereocenters. The van der Waals surface area contributed by atoms with Crippen LogP contribution >= 0.6 is 48.0 Å². The van der Waals surface area contributed by atoms with Gasteiger partial charge >= 0.3 is 0 Å². The van der Waals surface area contributed by atoms with Crippen LogP contribution in [0.3, 0.4) is 0 Å². The largest absolute Gasteiger partial charge is 0.300 e. The maximum absolute atomic E-state index is 11.1. The Kier molecular flexibility index (Phi) is 3.27. The summed E-state index contributed by atoms with van der Waals surface area (Å²) in [6.45, 7) is 0.646. The van der Waals surface area contributed by atoms with Gasteiger partial charge in [0.15, 0.2) is 0 Å². The molecule has 1 aromatic rings. The molecule has 0 radical (unpaired) electrons. The standard InChI is InChI=1S/C9H5Br3N2O/c10-8-4-14(12)7-3-5(9(11)15)1-2-6(7)13-8/h1-3H,4H2. The molecular formula is C9H5Br3N2O. The summed E-state index contributed by atoms with van der Waals surface area (Å²) < 4.78 is 2.59. The van der Waals surface area contributed by atoms with Crippen molar-refractivity contribution >= 4 is 68.7 Å². The van der Waals surface area contributed by atoms with Gasteiger partial charge in [0, 0.05) is 5.56 Å². The van der Waals surface area contributed by atoms with Crippen LogP contribution in [0.15, 0.2) is 23.2 Å². The first kappa shape index (κ1) is 11.3. The molecule has 15 heavy (non-hydrogen) atoms. The summed E-state index contributed by atoms with van der Waals surface area (Å²) in [5.74, 6) is 0. The van der Waals surface area contributed by atoms with E-state index in [0.717, 1.165) is 16.0 Å². The molecule has 0 spiro atoms. The topological polar surface area (TPSA) is 32.7 Å². The molecule has 0 aliphatic carbocycles. The zero-order valence-corrected chi connectivity index (χ0v) is 12.1. The molecule has 3 nitrogen and oxygen atoms in total. The molecule has 0 saturated heterocycles. The molecule has 78 valence electrons. The molecule has 1 aliphatic rings. The van der Waals surface area contributed by atoms with Crippen LogP contribution < -0.4 is 3.93 Å². The minimum Gasteiger partial charge on any atom is -0.300 e. The maximum atomic E-state index is 11.1. The molecular weight excluding hydrogens is 392 g/mol. The second kappa shape index (κ2) is 4.35.